The minimum atomic E-state index is -0.643. The van der Waals surface area contributed by atoms with Crippen LogP contribution in [0.1, 0.15) is 30.1 Å². The number of hydrogen-bond acceptors (Lipinski definition) is 5. The molecule has 1 amide bonds. The number of rotatable bonds is 6. The number of carbonyl (C=O) groups excluding carboxylic acids is 1. The van der Waals surface area contributed by atoms with E-state index in [2.05, 4.69) is 15.4 Å². The maximum atomic E-state index is 13.0. The number of hydrogen-bond donors (Lipinski definition) is 0. The van der Waals surface area contributed by atoms with E-state index in [-0.39, 0.29) is 12.6 Å². The SMILES string of the molecule is O=C(OC(Cn1ncnn1)c1ccc(Cl)c(Cl)c1)N1CCC(Cc2ccc(Cl)c(Cl)c2)CC1. The summed E-state index contributed by atoms with van der Waals surface area (Å²) in [6, 6.07) is 10.8. The van der Waals surface area contributed by atoms with E-state index in [0.717, 1.165) is 24.8 Å². The number of tetrazole rings is 1. The Kier molecular flexibility index (Phi) is 7.96. The summed E-state index contributed by atoms with van der Waals surface area (Å²) in [5.41, 5.74) is 1.84. The number of piperidine rings is 1. The van der Waals surface area contributed by atoms with Crippen molar-refractivity contribution in [1.82, 2.24) is 25.1 Å². The molecule has 1 aliphatic heterocycles. The van der Waals surface area contributed by atoms with Gasteiger partial charge >= 0.3 is 6.09 Å². The van der Waals surface area contributed by atoms with Crippen LogP contribution in [0.15, 0.2) is 42.7 Å². The van der Waals surface area contributed by atoms with Gasteiger partial charge in [-0.3, -0.25) is 0 Å². The second-order valence-corrected chi connectivity index (χ2v) is 9.55. The molecular weight excluding hydrogens is 508 g/mol. The quantitative estimate of drug-likeness (QED) is 0.385. The van der Waals surface area contributed by atoms with Crippen LogP contribution in [0.4, 0.5) is 4.79 Å². The number of halogens is 4. The molecule has 1 atom stereocenters. The lowest BCUT2D eigenvalue weighted by Gasteiger charge is -2.32. The van der Waals surface area contributed by atoms with Gasteiger partial charge < -0.3 is 9.64 Å². The van der Waals surface area contributed by atoms with Crippen molar-refractivity contribution >= 4 is 52.5 Å². The maximum absolute atomic E-state index is 13.0. The monoisotopic (exact) mass is 527 g/mol. The Bertz CT molecular complexity index is 1100. The highest BCUT2D eigenvalue weighted by Gasteiger charge is 2.27. The summed E-state index contributed by atoms with van der Waals surface area (Å²) in [6.07, 6.45) is 2.93. The topological polar surface area (TPSA) is 73.1 Å². The number of benzene rings is 2. The lowest BCUT2D eigenvalue weighted by atomic mass is 9.90. The van der Waals surface area contributed by atoms with Crippen LogP contribution in [0.25, 0.3) is 0 Å². The summed E-state index contributed by atoms with van der Waals surface area (Å²) in [4.78, 5) is 16.0. The van der Waals surface area contributed by atoms with E-state index >= 15 is 0 Å². The first-order chi connectivity index (χ1) is 15.9. The smallest absolute Gasteiger partial charge is 0.410 e. The first-order valence-corrected chi connectivity index (χ1v) is 12.0. The summed E-state index contributed by atoms with van der Waals surface area (Å²) in [5.74, 6) is 0.455. The fraction of sp³-hybridized carbons (Fsp3) is 0.364. The first kappa shape index (κ1) is 24.1. The standard InChI is InChI=1S/C22H21Cl4N5O2/c23-17-3-1-15(10-19(17)25)9-14-5-7-30(8-6-14)22(32)33-21(12-31-28-13-27-29-31)16-2-4-18(24)20(26)11-16/h1-4,10-11,13-14,21H,5-9,12H2. The van der Waals surface area contributed by atoms with Crippen molar-refractivity contribution in [3.05, 3.63) is 73.9 Å². The minimum Gasteiger partial charge on any atom is -0.439 e. The number of carbonyl (C=O) groups is 1. The van der Waals surface area contributed by atoms with E-state index < -0.39 is 6.10 Å². The zero-order valence-corrected chi connectivity index (χ0v) is 20.5. The average molecular weight is 529 g/mol. The molecule has 0 bridgehead atoms. The largest absolute Gasteiger partial charge is 0.439 e. The zero-order chi connectivity index (χ0) is 23.4. The van der Waals surface area contributed by atoms with Crippen LogP contribution in [0, 0.1) is 5.92 Å². The predicted molar refractivity (Wildman–Crippen MR) is 128 cm³/mol. The van der Waals surface area contributed by atoms with E-state index in [1.807, 2.05) is 18.2 Å². The van der Waals surface area contributed by atoms with Crippen molar-refractivity contribution in [2.45, 2.75) is 31.9 Å². The van der Waals surface area contributed by atoms with Gasteiger partial charge in [-0.15, -0.1) is 10.2 Å². The number of aromatic nitrogens is 4. The van der Waals surface area contributed by atoms with Crippen LogP contribution in [0.3, 0.4) is 0 Å². The molecule has 174 valence electrons. The van der Waals surface area contributed by atoms with Gasteiger partial charge in [0.05, 0.1) is 20.1 Å². The summed E-state index contributed by atoms with van der Waals surface area (Å²) in [6.45, 7) is 1.43. The molecule has 1 aromatic heterocycles. The fourth-order valence-electron chi connectivity index (χ4n) is 3.86. The van der Waals surface area contributed by atoms with Crippen molar-refractivity contribution < 1.29 is 9.53 Å². The summed E-state index contributed by atoms with van der Waals surface area (Å²) >= 11 is 24.4. The van der Waals surface area contributed by atoms with Gasteiger partial charge in [-0.1, -0.05) is 58.5 Å². The Balaban J connectivity index is 1.37. The van der Waals surface area contributed by atoms with Gasteiger partial charge in [0.25, 0.3) is 0 Å². The van der Waals surface area contributed by atoms with Crippen molar-refractivity contribution in [2.75, 3.05) is 13.1 Å². The highest BCUT2D eigenvalue weighted by Crippen LogP contribution is 2.30. The molecule has 33 heavy (non-hydrogen) atoms. The third kappa shape index (κ3) is 6.29. The van der Waals surface area contributed by atoms with Crippen LogP contribution >= 0.6 is 46.4 Å². The van der Waals surface area contributed by atoms with E-state index in [9.17, 15) is 4.79 Å². The van der Waals surface area contributed by atoms with Crippen LogP contribution in [-0.4, -0.2) is 44.3 Å². The van der Waals surface area contributed by atoms with Gasteiger partial charge in [0, 0.05) is 13.1 Å². The van der Waals surface area contributed by atoms with Crippen molar-refractivity contribution in [3.8, 4) is 0 Å². The maximum Gasteiger partial charge on any atom is 0.410 e. The van der Waals surface area contributed by atoms with Crippen LogP contribution in [0.5, 0.6) is 0 Å². The van der Waals surface area contributed by atoms with Gasteiger partial charge in [-0.05, 0) is 65.8 Å². The molecule has 1 aliphatic rings. The fourth-order valence-corrected chi connectivity index (χ4v) is 4.49. The van der Waals surface area contributed by atoms with Crippen molar-refractivity contribution in [2.24, 2.45) is 5.92 Å². The zero-order valence-electron chi connectivity index (χ0n) is 17.5. The van der Waals surface area contributed by atoms with Gasteiger partial charge in [-0.2, -0.15) is 4.80 Å². The molecule has 0 spiro atoms. The molecule has 1 saturated heterocycles. The molecule has 0 saturated carbocycles. The minimum absolute atomic E-state index is 0.206. The van der Waals surface area contributed by atoms with Crippen molar-refractivity contribution in [3.63, 3.8) is 0 Å². The average Bonchev–Trinajstić information content (AvgIpc) is 3.31. The second kappa shape index (κ2) is 10.9. The highest BCUT2D eigenvalue weighted by molar-refractivity contribution is 6.42. The molecule has 4 rings (SSSR count). The van der Waals surface area contributed by atoms with Gasteiger partial charge in [0.15, 0.2) is 12.4 Å². The molecule has 7 nitrogen and oxygen atoms in total. The molecule has 11 heteroatoms. The Labute approximate surface area is 211 Å². The first-order valence-electron chi connectivity index (χ1n) is 10.4. The number of ether oxygens (including phenoxy) is 1. The summed E-state index contributed by atoms with van der Waals surface area (Å²) in [7, 11) is 0. The Hall–Kier alpha value is -2.06. The lowest BCUT2D eigenvalue weighted by Crippen LogP contribution is -2.40. The molecule has 3 aromatic rings. The number of amides is 1. The molecule has 2 aromatic carbocycles. The van der Waals surface area contributed by atoms with E-state index in [0.29, 0.717) is 44.7 Å². The molecule has 0 aliphatic carbocycles. The number of likely N-dealkylation sites (tertiary alicyclic amines) is 1. The summed E-state index contributed by atoms with van der Waals surface area (Å²) < 4.78 is 5.85. The highest BCUT2D eigenvalue weighted by atomic mass is 35.5. The Morgan fingerprint density at radius 1 is 1.00 bits per heavy atom. The molecule has 1 unspecified atom stereocenters. The summed E-state index contributed by atoms with van der Waals surface area (Å²) in [5, 5.41) is 13.5. The molecule has 1 fully saturated rings. The third-order valence-electron chi connectivity index (χ3n) is 5.66. The normalized spacial score (nSPS) is 15.5. The molecular formula is C22H21Cl4N5O2. The number of nitrogens with zero attached hydrogens (tertiary/aromatic N) is 5. The Morgan fingerprint density at radius 2 is 1.70 bits per heavy atom. The Morgan fingerprint density at radius 3 is 2.33 bits per heavy atom. The van der Waals surface area contributed by atoms with Crippen LogP contribution in [0.2, 0.25) is 20.1 Å². The predicted octanol–water partition coefficient (Wildman–Crippen LogP) is 6.12. The third-order valence-corrected chi connectivity index (χ3v) is 7.14. The van der Waals surface area contributed by atoms with Gasteiger partial charge in [0.1, 0.15) is 6.54 Å². The molecule has 0 N–H and O–H groups in total. The van der Waals surface area contributed by atoms with Crippen molar-refractivity contribution in [1.29, 1.82) is 0 Å². The van der Waals surface area contributed by atoms with Crippen LogP contribution < -0.4 is 0 Å². The van der Waals surface area contributed by atoms with E-state index in [1.165, 1.54) is 11.1 Å². The van der Waals surface area contributed by atoms with Crippen LogP contribution in [-0.2, 0) is 17.7 Å². The van der Waals surface area contributed by atoms with E-state index in [4.69, 9.17) is 51.1 Å². The second-order valence-electron chi connectivity index (χ2n) is 7.92. The van der Waals surface area contributed by atoms with Gasteiger partial charge in [0.2, 0.25) is 0 Å². The van der Waals surface area contributed by atoms with Gasteiger partial charge in [-0.25, -0.2) is 4.79 Å². The lowest BCUT2D eigenvalue weighted by molar-refractivity contribution is 0.0420. The van der Waals surface area contributed by atoms with E-state index in [1.54, 1.807) is 23.1 Å². The molecule has 2 heterocycles. The molecule has 0 radical (unpaired) electrons.